The monoisotopic (exact) mass is 349 g/mol. The minimum atomic E-state index is 0.515. The molecule has 1 aliphatic rings. The van der Waals surface area contributed by atoms with E-state index < -0.39 is 0 Å². The standard InChI is InChI=1S/C15H20BrN5/c16-10-5-6-13-12(9-10)14(17)21-15(20-13)19-8-2-4-11-3-1-7-18-11/h5-6,9,11,18H,1-4,7-8H2,(H3,17,19,20,21). The van der Waals surface area contributed by atoms with Gasteiger partial charge in [0.15, 0.2) is 0 Å². The Hall–Kier alpha value is -1.40. The molecule has 2 heterocycles. The largest absolute Gasteiger partial charge is 0.383 e. The van der Waals surface area contributed by atoms with Gasteiger partial charge in [0, 0.05) is 22.4 Å². The highest BCUT2D eigenvalue weighted by molar-refractivity contribution is 9.10. The van der Waals surface area contributed by atoms with E-state index in [2.05, 4.69) is 36.5 Å². The molecule has 5 nitrogen and oxygen atoms in total. The summed E-state index contributed by atoms with van der Waals surface area (Å²) < 4.78 is 0.982. The van der Waals surface area contributed by atoms with Crippen LogP contribution in [0.5, 0.6) is 0 Å². The molecule has 21 heavy (non-hydrogen) atoms. The fraction of sp³-hybridized carbons (Fsp3) is 0.467. The molecule has 1 unspecified atom stereocenters. The summed E-state index contributed by atoms with van der Waals surface area (Å²) >= 11 is 3.44. The first kappa shape index (κ1) is 14.5. The van der Waals surface area contributed by atoms with Crippen molar-refractivity contribution in [2.75, 3.05) is 24.1 Å². The van der Waals surface area contributed by atoms with Gasteiger partial charge in [0.25, 0.3) is 0 Å². The molecule has 3 rings (SSSR count). The third-order valence-corrected chi connectivity index (χ3v) is 4.36. The molecule has 1 saturated heterocycles. The number of rotatable bonds is 5. The van der Waals surface area contributed by atoms with E-state index in [1.54, 1.807) is 0 Å². The predicted octanol–water partition coefficient (Wildman–Crippen LogP) is 2.92. The van der Waals surface area contributed by atoms with Crippen LogP contribution in [0.15, 0.2) is 22.7 Å². The summed E-state index contributed by atoms with van der Waals surface area (Å²) in [4.78, 5) is 8.84. The fourth-order valence-electron chi connectivity index (χ4n) is 2.76. The van der Waals surface area contributed by atoms with E-state index in [1.807, 2.05) is 18.2 Å². The van der Waals surface area contributed by atoms with Crippen molar-refractivity contribution in [2.45, 2.75) is 31.7 Å². The number of halogens is 1. The van der Waals surface area contributed by atoms with E-state index in [-0.39, 0.29) is 0 Å². The lowest BCUT2D eigenvalue weighted by Crippen LogP contribution is -2.22. The van der Waals surface area contributed by atoms with Gasteiger partial charge in [0.05, 0.1) is 5.52 Å². The van der Waals surface area contributed by atoms with Gasteiger partial charge in [0.1, 0.15) is 5.82 Å². The van der Waals surface area contributed by atoms with Crippen LogP contribution in [-0.4, -0.2) is 29.1 Å². The number of benzene rings is 1. The minimum absolute atomic E-state index is 0.515. The molecule has 112 valence electrons. The van der Waals surface area contributed by atoms with Gasteiger partial charge >= 0.3 is 0 Å². The molecular formula is C15H20BrN5. The van der Waals surface area contributed by atoms with Crippen LogP contribution in [0.2, 0.25) is 0 Å². The first-order valence-electron chi connectivity index (χ1n) is 7.42. The maximum absolute atomic E-state index is 6.01. The van der Waals surface area contributed by atoms with Crippen molar-refractivity contribution in [3.63, 3.8) is 0 Å². The summed E-state index contributed by atoms with van der Waals surface area (Å²) in [5.74, 6) is 1.13. The zero-order chi connectivity index (χ0) is 14.7. The molecule has 1 atom stereocenters. The lowest BCUT2D eigenvalue weighted by molar-refractivity contribution is 0.544. The Morgan fingerprint density at radius 3 is 3.10 bits per heavy atom. The topological polar surface area (TPSA) is 75.9 Å². The maximum Gasteiger partial charge on any atom is 0.225 e. The second kappa shape index (κ2) is 6.58. The molecule has 0 aliphatic carbocycles. The average Bonchev–Trinajstić information content (AvgIpc) is 2.98. The van der Waals surface area contributed by atoms with E-state index in [4.69, 9.17) is 5.73 Å². The number of fused-ring (bicyclic) bond motifs is 1. The van der Waals surface area contributed by atoms with E-state index >= 15 is 0 Å². The highest BCUT2D eigenvalue weighted by Crippen LogP contribution is 2.23. The van der Waals surface area contributed by atoms with Crippen LogP contribution >= 0.6 is 15.9 Å². The zero-order valence-corrected chi connectivity index (χ0v) is 13.5. The van der Waals surface area contributed by atoms with Crippen molar-refractivity contribution in [2.24, 2.45) is 0 Å². The van der Waals surface area contributed by atoms with Crippen molar-refractivity contribution in [3.8, 4) is 0 Å². The Labute approximate surface area is 132 Å². The number of nitrogens with one attached hydrogen (secondary N) is 2. The third kappa shape index (κ3) is 3.63. The Morgan fingerprint density at radius 2 is 2.29 bits per heavy atom. The number of anilines is 2. The summed E-state index contributed by atoms with van der Waals surface area (Å²) in [5, 5.41) is 7.66. The molecule has 0 radical (unpaired) electrons. The van der Waals surface area contributed by atoms with Crippen LogP contribution in [0.3, 0.4) is 0 Å². The van der Waals surface area contributed by atoms with Gasteiger partial charge in [-0.25, -0.2) is 4.98 Å². The molecule has 1 aromatic heterocycles. The molecular weight excluding hydrogens is 330 g/mol. The first-order valence-corrected chi connectivity index (χ1v) is 8.22. The van der Waals surface area contributed by atoms with Crippen molar-refractivity contribution >= 4 is 38.6 Å². The molecule has 6 heteroatoms. The summed E-state index contributed by atoms with van der Waals surface area (Å²) in [6, 6.07) is 6.54. The van der Waals surface area contributed by atoms with Gasteiger partial charge in [-0.1, -0.05) is 15.9 Å². The fourth-order valence-corrected chi connectivity index (χ4v) is 3.12. The lowest BCUT2D eigenvalue weighted by Gasteiger charge is -2.11. The van der Waals surface area contributed by atoms with Crippen LogP contribution < -0.4 is 16.4 Å². The Kier molecular flexibility index (Phi) is 4.55. The van der Waals surface area contributed by atoms with E-state index in [0.717, 1.165) is 34.9 Å². The summed E-state index contributed by atoms with van der Waals surface area (Å²) in [5.41, 5.74) is 6.87. The van der Waals surface area contributed by atoms with Crippen molar-refractivity contribution in [3.05, 3.63) is 22.7 Å². The van der Waals surface area contributed by atoms with E-state index in [9.17, 15) is 0 Å². The molecule has 2 aromatic rings. The number of aromatic nitrogens is 2. The van der Waals surface area contributed by atoms with Gasteiger partial charge < -0.3 is 16.4 Å². The molecule has 0 spiro atoms. The summed E-state index contributed by atoms with van der Waals surface area (Å²) in [7, 11) is 0. The Morgan fingerprint density at radius 1 is 1.38 bits per heavy atom. The quantitative estimate of drug-likeness (QED) is 0.723. The van der Waals surface area contributed by atoms with Gasteiger partial charge in [-0.2, -0.15) is 4.98 Å². The second-order valence-corrected chi connectivity index (χ2v) is 6.37. The predicted molar refractivity (Wildman–Crippen MR) is 90.4 cm³/mol. The molecule has 0 saturated carbocycles. The highest BCUT2D eigenvalue weighted by atomic mass is 79.9. The Bertz CT molecular complexity index is 625. The third-order valence-electron chi connectivity index (χ3n) is 3.86. The van der Waals surface area contributed by atoms with E-state index in [1.165, 1.54) is 19.3 Å². The van der Waals surface area contributed by atoms with Crippen molar-refractivity contribution in [1.29, 1.82) is 0 Å². The normalized spacial score (nSPS) is 18.2. The van der Waals surface area contributed by atoms with Gasteiger partial charge in [-0.05, 0) is 50.4 Å². The summed E-state index contributed by atoms with van der Waals surface area (Å²) in [6.45, 7) is 2.04. The first-order chi connectivity index (χ1) is 10.2. The molecule has 1 fully saturated rings. The summed E-state index contributed by atoms with van der Waals surface area (Å²) in [6.07, 6.45) is 4.91. The SMILES string of the molecule is Nc1nc(NCCCC2CCCN2)nc2ccc(Br)cc12. The van der Waals surface area contributed by atoms with Crippen molar-refractivity contribution in [1.82, 2.24) is 15.3 Å². The van der Waals surface area contributed by atoms with Crippen LogP contribution in [-0.2, 0) is 0 Å². The van der Waals surface area contributed by atoms with E-state index in [0.29, 0.717) is 17.8 Å². The molecule has 1 aromatic carbocycles. The minimum Gasteiger partial charge on any atom is -0.383 e. The second-order valence-electron chi connectivity index (χ2n) is 5.46. The van der Waals surface area contributed by atoms with Crippen LogP contribution in [0.25, 0.3) is 10.9 Å². The smallest absolute Gasteiger partial charge is 0.225 e. The average molecular weight is 350 g/mol. The van der Waals surface area contributed by atoms with Gasteiger partial charge in [0.2, 0.25) is 5.95 Å². The number of nitrogen functional groups attached to an aromatic ring is 1. The molecule has 4 N–H and O–H groups in total. The lowest BCUT2D eigenvalue weighted by atomic mass is 10.1. The van der Waals surface area contributed by atoms with Gasteiger partial charge in [-0.15, -0.1) is 0 Å². The van der Waals surface area contributed by atoms with Crippen LogP contribution in [0.1, 0.15) is 25.7 Å². The number of hydrogen-bond acceptors (Lipinski definition) is 5. The Balaban J connectivity index is 1.60. The molecule has 0 bridgehead atoms. The van der Waals surface area contributed by atoms with Crippen LogP contribution in [0.4, 0.5) is 11.8 Å². The highest BCUT2D eigenvalue weighted by Gasteiger charge is 2.13. The van der Waals surface area contributed by atoms with Crippen molar-refractivity contribution < 1.29 is 0 Å². The molecule has 0 amide bonds. The number of nitrogens with zero attached hydrogens (tertiary/aromatic N) is 2. The van der Waals surface area contributed by atoms with Gasteiger partial charge in [-0.3, -0.25) is 0 Å². The zero-order valence-electron chi connectivity index (χ0n) is 11.9. The maximum atomic E-state index is 6.01. The molecule has 1 aliphatic heterocycles. The number of nitrogens with two attached hydrogens (primary N) is 1. The number of hydrogen-bond donors (Lipinski definition) is 3. The van der Waals surface area contributed by atoms with Crippen LogP contribution in [0, 0.1) is 0 Å².